The van der Waals surface area contributed by atoms with Gasteiger partial charge in [-0.3, -0.25) is 0 Å². The first-order valence-corrected chi connectivity index (χ1v) is 10.9. The lowest BCUT2D eigenvalue weighted by Crippen LogP contribution is -2.37. The first-order valence-electron chi connectivity index (χ1n) is 8.06. The van der Waals surface area contributed by atoms with Gasteiger partial charge in [-0.05, 0) is 24.6 Å². The van der Waals surface area contributed by atoms with E-state index in [9.17, 15) is 25.6 Å². The lowest BCUT2D eigenvalue weighted by molar-refractivity contribution is 0.401. The van der Waals surface area contributed by atoms with Crippen molar-refractivity contribution >= 4 is 20.0 Å². The van der Waals surface area contributed by atoms with Crippen LogP contribution in [0, 0.1) is 11.6 Å². The number of hydrogen-bond acceptors (Lipinski definition) is 5. The summed E-state index contributed by atoms with van der Waals surface area (Å²) in [6.45, 7) is -0.206. The molecule has 0 amide bonds. The molecule has 3 rings (SSSR count). The van der Waals surface area contributed by atoms with Gasteiger partial charge in [0.2, 0.25) is 10.0 Å². The Kier molecular flexibility index (Phi) is 5.34. The zero-order chi connectivity index (χ0) is 19.8. The molecule has 2 aromatic rings. The molecule has 1 aromatic carbocycles. The van der Waals surface area contributed by atoms with E-state index in [0.29, 0.717) is 6.07 Å². The molecular formula is C15H18F2N4O4S2. The molecule has 0 atom stereocenters. The number of rotatable bonds is 4. The number of halogens is 2. The summed E-state index contributed by atoms with van der Waals surface area (Å²) in [4.78, 5) is 3.08. The molecule has 1 fully saturated rings. The van der Waals surface area contributed by atoms with Gasteiger partial charge in [0.1, 0.15) is 16.5 Å². The summed E-state index contributed by atoms with van der Waals surface area (Å²) >= 11 is 0. The van der Waals surface area contributed by atoms with E-state index in [0.717, 1.165) is 20.7 Å². The number of sulfonamides is 2. The van der Waals surface area contributed by atoms with E-state index >= 15 is 0 Å². The average Bonchev–Trinajstić information content (AvgIpc) is 2.89. The van der Waals surface area contributed by atoms with Gasteiger partial charge in [0.15, 0.2) is 5.03 Å². The monoisotopic (exact) mass is 420 g/mol. The third-order valence-electron chi connectivity index (χ3n) is 4.21. The maximum Gasteiger partial charge on any atom is 0.262 e. The SMILES string of the molecule is Cn1cnc(S(=O)(=O)N2CCCN(S(=O)(=O)c3cc(F)ccc3F)CC2)c1. The third-order valence-corrected chi connectivity index (χ3v) is 7.91. The molecule has 27 heavy (non-hydrogen) atoms. The van der Waals surface area contributed by atoms with Crippen LogP contribution in [0.15, 0.2) is 40.6 Å². The number of nitrogens with zero attached hydrogens (tertiary/aromatic N) is 4. The van der Waals surface area contributed by atoms with E-state index in [2.05, 4.69) is 4.98 Å². The van der Waals surface area contributed by atoms with Crippen molar-refractivity contribution in [3.8, 4) is 0 Å². The molecule has 1 aromatic heterocycles. The normalized spacial score (nSPS) is 17.7. The van der Waals surface area contributed by atoms with E-state index in [1.165, 1.54) is 17.1 Å². The van der Waals surface area contributed by atoms with Crippen molar-refractivity contribution in [1.29, 1.82) is 0 Å². The van der Waals surface area contributed by atoms with Gasteiger partial charge < -0.3 is 4.57 Å². The zero-order valence-corrected chi connectivity index (χ0v) is 16.0. The third kappa shape index (κ3) is 3.88. The average molecular weight is 420 g/mol. The number of aryl methyl sites for hydroxylation is 1. The van der Waals surface area contributed by atoms with Crippen molar-refractivity contribution in [3.63, 3.8) is 0 Å². The number of benzene rings is 1. The van der Waals surface area contributed by atoms with Crippen molar-refractivity contribution in [1.82, 2.24) is 18.2 Å². The molecule has 8 nitrogen and oxygen atoms in total. The van der Waals surface area contributed by atoms with Crippen LogP contribution in [-0.2, 0) is 27.1 Å². The Bertz CT molecular complexity index is 1050. The fourth-order valence-electron chi connectivity index (χ4n) is 2.82. The Balaban J connectivity index is 1.83. The minimum absolute atomic E-state index is 0.00742. The molecule has 0 bridgehead atoms. The number of imidazole rings is 1. The first kappa shape index (κ1) is 19.9. The van der Waals surface area contributed by atoms with Gasteiger partial charge in [-0.25, -0.2) is 30.6 Å². The van der Waals surface area contributed by atoms with Crippen LogP contribution >= 0.6 is 0 Å². The zero-order valence-electron chi connectivity index (χ0n) is 14.4. The van der Waals surface area contributed by atoms with E-state index in [4.69, 9.17) is 0 Å². The predicted molar refractivity (Wildman–Crippen MR) is 91.7 cm³/mol. The fourth-order valence-corrected chi connectivity index (χ4v) is 5.80. The van der Waals surface area contributed by atoms with Crippen molar-refractivity contribution < 1.29 is 25.6 Å². The molecule has 0 spiro atoms. The Morgan fingerprint density at radius 2 is 1.59 bits per heavy atom. The summed E-state index contributed by atoms with van der Waals surface area (Å²) in [7, 11) is -6.52. The van der Waals surface area contributed by atoms with Gasteiger partial charge in [-0.1, -0.05) is 0 Å². The summed E-state index contributed by atoms with van der Waals surface area (Å²) in [6, 6.07) is 2.20. The van der Waals surface area contributed by atoms with Crippen LogP contribution in [0.3, 0.4) is 0 Å². The lowest BCUT2D eigenvalue weighted by atomic mass is 10.3. The molecule has 0 unspecified atom stereocenters. The minimum atomic E-state index is -4.29. The molecule has 12 heteroatoms. The predicted octanol–water partition coefficient (Wildman–Crippen LogP) is 0.784. The summed E-state index contributed by atoms with van der Waals surface area (Å²) in [5.41, 5.74) is 0. The van der Waals surface area contributed by atoms with Crippen LogP contribution in [0.2, 0.25) is 0 Å². The second kappa shape index (κ2) is 7.26. The molecular weight excluding hydrogens is 402 g/mol. The largest absolute Gasteiger partial charge is 0.339 e. The van der Waals surface area contributed by atoms with Crippen molar-refractivity contribution in [2.45, 2.75) is 16.3 Å². The second-order valence-electron chi connectivity index (χ2n) is 6.11. The van der Waals surface area contributed by atoms with Crippen LogP contribution in [0.1, 0.15) is 6.42 Å². The van der Waals surface area contributed by atoms with Crippen LogP contribution in [-0.4, -0.2) is 61.2 Å². The van der Waals surface area contributed by atoms with E-state index in [1.807, 2.05) is 0 Å². The molecule has 1 aliphatic heterocycles. The number of hydrogen-bond donors (Lipinski definition) is 0. The molecule has 0 N–H and O–H groups in total. The fraction of sp³-hybridized carbons (Fsp3) is 0.400. The van der Waals surface area contributed by atoms with Gasteiger partial charge in [0.25, 0.3) is 10.0 Å². The molecule has 0 radical (unpaired) electrons. The van der Waals surface area contributed by atoms with Crippen molar-refractivity contribution in [2.75, 3.05) is 26.2 Å². The highest BCUT2D eigenvalue weighted by Crippen LogP contribution is 2.23. The summed E-state index contributed by atoms with van der Waals surface area (Å²) in [6.07, 6.45) is 2.92. The molecule has 148 valence electrons. The standard InChI is InChI=1S/C15H18F2N4O4S2/c1-19-10-15(18-11-19)27(24,25)21-6-2-5-20(7-8-21)26(22,23)14-9-12(16)3-4-13(14)17/h3-4,9-11H,2,5-8H2,1H3. The van der Waals surface area contributed by atoms with Crippen LogP contribution in [0.4, 0.5) is 8.78 Å². The van der Waals surface area contributed by atoms with Gasteiger partial charge in [-0.2, -0.15) is 8.61 Å². The smallest absolute Gasteiger partial charge is 0.262 e. The van der Waals surface area contributed by atoms with Gasteiger partial charge in [0.05, 0.1) is 6.33 Å². The Morgan fingerprint density at radius 1 is 0.963 bits per heavy atom. The van der Waals surface area contributed by atoms with E-state index < -0.39 is 36.6 Å². The van der Waals surface area contributed by atoms with Crippen LogP contribution in [0.5, 0.6) is 0 Å². The Hall–Kier alpha value is -1.89. The van der Waals surface area contributed by atoms with Crippen molar-refractivity contribution in [3.05, 3.63) is 42.4 Å². The molecule has 2 heterocycles. The summed E-state index contributed by atoms with van der Waals surface area (Å²) in [5.74, 6) is -1.93. The maximum atomic E-state index is 13.9. The molecule has 1 saturated heterocycles. The second-order valence-corrected chi connectivity index (χ2v) is 9.91. The van der Waals surface area contributed by atoms with Crippen LogP contribution in [0.25, 0.3) is 0 Å². The van der Waals surface area contributed by atoms with E-state index in [1.54, 1.807) is 7.05 Å². The summed E-state index contributed by atoms with van der Waals surface area (Å²) in [5, 5.41) is -0.127. The van der Waals surface area contributed by atoms with E-state index in [-0.39, 0.29) is 37.6 Å². The van der Waals surface area contributed by atoms with Gasteiger partial charge in [-0.15, -0.1) is 0 Å². The van der Waals surface area contributed by atoms with Crippen molar-refractivity contribution in [2.24, 2.45) is 7.05 Å². The van der Waals surface area contributed by atoms with Gasteiger partial charge >= 0.3 is 0 Å². The molecule has 0 saturated carbocycles. The number of aromatic nitrogens is 2. The minimum Gasteiger partial charge on any atom is -0.339 e. The lowest BCUT2D eigenvalue weighted by Gasteiger charge is -2.21. The Labute approximate surface area is 156 Å². The molecule has 0 aliphatic carbocycles. The summed E-state index contributed by atoms with van der Waals surface area (Å²) < 4.78 is 81.6. The van der Waals surface area contributed by atoms with Gasteiger partial charge in [0, 0.05) is 39.4 Å². The first-order chi connectivity index (χ1) is 12.6. The Morgan fingerprint density at radius 3 is 2.19 bits per heavy atom. The highest BCUT2D eigenvalue weighted by Gasteiger charge is 2.33. The topological polar surface area (TPSA) is 92.6 Å². The van der Waals surface area contributed by atoms with Crippen LogP contribution < -0.4 is 0 Å². The highest BCUT2D eigenvalue weighted by molar-refractivity contribution is 7.89. The maximum absolute atomic E-state index is 13.9. The highest BCUT2D eigenvalue weighted by atomic mass is 32.2. The quantitative estimate of drug-likeness (QED) is 0.729. The molecule has 1 aliphatic rings.